The van der Waals surface area contributed by atoms with Gasteiger partial charge in [-0.2, -0.15) is 0 Å². The van der Waals surface area contributed by atoms with Crippen LogP contribution in [0.2, 0.25) is 0 Å². The molecule has 0 bridgehead atoms. The summed E-state index contributed by atoms with van der Waals surface area (Å²) >= 11 is 1.96. The van der Waals surface area contributed by atoms with Crippen molar-refractivity contribution in [2.75, 3.05) is 0 Å². The Balaban J connectivity index is 1.94. The molecule has 2 aliphatic rings. The maximum atomic E-state index is 11.5. The Bertz CT molecular complexity index is 708. The van der Waals surface area contributed by atoms with E-state index in [9.17, 15) is 4.79 Å². The van der Waals surface area contributed by atoms with Crippen LogP contribution in [0.4, 0.5) is 0 Å². The van der Waals surface area contributed by atoms with E-state index in [1.165, 1.54) is 41.5 Å². The van der Waals surface area contributed by atoms with Gasteiger partial charge in [0.1, 0.15) is 4.83 Å². The first-order valence-electron chi connectivity index (χ1n) is 8.10. The van der Waals surface area contributed by atoms with E-state index >= 15 is 0 Å². The van der Waals surface area contributed by atoms with Crippen LogP contribution >= 0.6 is 11.3 Å². The number of hydrogen-bond acceptors (Lipinski definition) is 2. The van der Waals surface area contributed by atoms with Gasteiger partial charge in [0, 0.05) is 16.8 Å². The molecule has 4 rings (SSSR count). The lowest BCUT2D eigenvalue weighted by Gasteiger charge is -2.20. The van der Waals surface area contributed by atoms with E-state index in [1.54, 1.807) is 4.88 Å². The molecule has 0 N–H and O–H groups in total. The zero-order valence-electron chi connectivity index (χ0n) is 13.1. The summed E-state index contributed by atoms with van der Waals surface area (Å²) in [5, 5.41) is 1.34. The second-order valence-electron chi connectivity index (χ2n) is 7.83. The molecule has 3 heteroatoms. The summed E-state index contributed by atoms with van der Waals surface area (Å²) in [6.07, 6.45) is 6.37. The molecule has 2 aliphatic carbocycles. The van der Waals surface area contributed by atoms with Gasteiger partial charge in [-0.05, 0) is 54.6 Å². The fourth-order valence-electron chi connectivity index (χ4n) is 3.38. The molecule has 0 atom stereocenters. The predicted octanol–water partition coefficient (Wildman–Crippen LogP) is 5.10. The van der Waals surface area contributed by atoms with Gasteiger partial charge in [0.15, 0.2) is 6.29 Å². The maximum Gasteiger partial charge on any atom is 0.166 e. The first-order valence-corrected chi connectivity index (χ1v) is 8.92. The molecule has 0 amide bonds. The standard InChI is InChI=1S/C18H23NOS/c1-18(2,3)15-14-8-13(10-20)19(9-11-4-5-11)17(14)21-16(15)12-6-7-12/h8,10-12H,4-7,9H2,1-3H3. The zero-order valence-corrected chi connectivity index (χ0v) is 13.9. The fourth-order valence-corrected chi connectivity index (χ4v) is 5.07. The highest BCUT2D eigenvalue weighted by Crippen LogP contribution is 2.51. The van der Waals surface area contributed by atoms with Gasteiger partial charge in [-0.15, -0.1) is 11.3 Å². The molecule has 0 aliphatic heterocycles. The largest absolute Gasteiger partial charge is 0.330 e. The van der Waals surface area contributed by atoms with Crippen molar-refractivity contribution in [1.82, 2.24) is 4.57 Å². The first-order chi connectivity index (χ1) is 9.99. The van der Waals surface area contributed by atoms with E-state index < -0.39 is 0 Å². The number of nitrogens with zero attached hydrogens (tertiary/aromatic N) is 1. The van der Waals surface area contributed by atoms with Crippen molar-refractivity contribution in [2.45, 2.75) is 64.3 Å². The van der Waals surface area contributed by atoms with Crippen LogP contribution in [0.3, 0.4) is 0 Å². The minimum atomic E-state index is 0.155. The highest BCUT2D eigenvalue weighted by molar-refractivity contribution is 7.19. The van der Waals surface area contributed by atoms with Crippen LogP contribution in [0.1, 0.15) is 73.3 Å². The van der Waals surface area contributed by atoms with Gasteiger partial charge < -0.3 is 4.57 Å². The molecule has 0 spiro atoms. The molecule has 0 saturated heterocycles. The first kappa shape index (κ1) is 13.6. The molecule has 2 heterocycles. The lowest BCUT2D eigenvalue weighted by Crippen LogP contribution is -2.12. The average molecular weight is 301 g/mol. The minimum absolute atomic E-state index is 0.155. The van der Waals surface area contributed by atoms with Crippen molar-refractivity contribution in [3.63, 3.8) is 0 Å². The summed E-state index contributed by atoms with van der Waals surface area (Å²) in [6.45, 7) is 7.95. The number of aldehydes is 1. The molecule has 2 nitrogen and oxygen atoms in total. The molecule has 0 aromatic carbocycles. The van der Waals surface area contributed by atoms with Gasteiger partial charge in [-0.3, -0.25) is 4.79 Å². The van der Waals surface area contributed by atoms with E-state index in [2.05, 4.69) is 31.4 Å². The van der Waals surface area contributed by atoms with Gasteiger partial charge in [0.05, 0.1) is 5.69 Å². The molecule has 21 heavy (non-hydrogen) atoms. The van der Waals surface area contributed by atoms with E-state index in [4.69, 9.17) is 0 Å². The van der Waals surface area contributed by atoms with E-state index in [0.29, 0.717) is 0 Å². The Labute approximate surface area is 130 Å². The van der Waals surface area contributed by atoms with Crippen LogP contribution in [0.5, 0.6) is 0 Å². The average Bonchev–Trinajstić information content (AvgIpc) is 3.30. The van der Waals surface area contributed by atoms with Gasteiger partial charge in [-0.1, -0.05) is 20.8 Å². The molecule has 2 fully saturated rings. The number of carbonyl (C=O) groups excluding carboxylic acids is 1. The third-order valence-electron chi connectivity index (χ3n) is 4.76. The van der Waals surface area contributed by atoms with Crippen LogP contribution in [0.15, 0.2) is 6.07 Å². The van der Waals surface area contributed by atoms with Crippen molar-refractivity contribution in [3.8, 4) is 0 Å². The molecule has 0 radical (unpaired) electrons. The van der Waals surface area contributed by atoms with Crippen molar-refractivity contribution in [2.24, 2.45) is 5.92 Å². The normalized spacial score (nSPS) is 19.4. The van der Waals surface area contributed by atoms with Gasteiger partial charge in [-0.25, -0.2) is 0 Å². The number of rotatable bonds is 4. The molecular weight excluding hydrogens is 278 g/mol. The summed E-state index contributed by atoms with van der Waals surface area (Å²) in [4.78, 5) is 14.4. The van der Waals surface area contributed by atoms with Crippen molar-refractivity contribution in [3.05, 3.63) is 22.2 Å². The Morgan fingerprint density at radius 2 is 2.00 bits per heavy atom. The number of thiophene rings is 1. The third-order valence-corrected chi connectivity index (χ3v) is 6.15. The highest BCUT2D eigenvalue weighted by atomic mass is 32.1. The topological polar surface area (TPSA) is 22.0 Å². The Morgan fingerprint density at radius 1 is 1.29 bits per heavy atom. The number of aromatic nitrogens is 1. The highest BCUT2D eigenvalue weighted by Gasteiger charge is 2.35. The minimum Gasteiger partial charge on any atom is -0.330 e. The number of hydrogen-bond donors (Lipinski definition) is 0. The van der Waals surface area contributed by atoms with Crippen molar-refractivity contribution >= 4 is 27.8 Å². The Hall–Kier alpha value is -1.09. The third kappa shape index (κ3) is 2.26. The zero-order chi connectivity index (χ0) is 14.8. The smallest absolute Gasteiger partial charge is 0.166 e. The molecule has 2 aromatic heterocycles. The van der Waals surface area contributed by atoms with Gasteiger partial charge >= 0.3 is 0 Å². The van der Waals surface area contributed by atoms with Crippen molar-refractivity contribution < 1.29 is 4.79 Å². The van der Waals surface area contributed by atoms with Crippen molar-refractivity contribution in [1.29, 1.82) is 0 Å². The van der Waals surface area contributed by atoms with E-state index in [-0.39, 0.29) is 5.41 Å². The molecule has 2 aromatic rings. The van der Waals surface area contributed by atoms with Crippen LogP contribution in [-0.4, -0.2) is 10.9 Å². The number of carbonyl (C=O) groups is 1. The van der Waals surface area contributed by atoms with Crippen LogP contribution in [0, 0.1) is 5.92 Å². The van der Waals surface area contributed by atoms with Crippen LogP contribution < -0.4 is 0 Å². The molecule has 112 valence electrons. The fraction of sp³-hybridized carbons (Fsp3) is 0.611. The summed E-state index contributed by atoms with van der Waals surface area (Å²) in [5.74, 6) is 1.58. The quantitative estimate of drug-likeness (QED) is 0.720. The van der Waals surface area contributed by atoms with Crippen LogP contribution in [0.25, 0.3) is 10.2 Å². The summed E-state index contributed by atoms with van der Waals surface area (Å²) in [7, 11) is 0. The molecule has 2 saturated carbocycles. The Kier molecular flexibility index (Phi) is 2.88. The monoisotopic (exact) mass is 301 g/mol. The summed E-state index contributed by atoms with van der Waals surface area (Å²) < 4.78 is 2.30. The summed E-state index contributed by atoms with van der Waals surface area (Å²) in [5.41, 5.74) is 2.53. The van der Waals surface area contributed by atoms with Crippen LogP contribution in [-0.2, 0) is 12.0 Å². The van der Waals surface area contributed by atoms with E-state index in [1.807, 2.05) is 11.3 Å². The second kappa shape index (κ2) is 4.45. The SMILES string of the molecule is CC(C)(C)c1c(C2CC2)sc2c1cc(C=O)n2CC1CC1. The second-order valence-corrected chi connectivity index (χ2v) is 8.86. The lowest BCUT2D eigenvalue weighted by atomic mass is 9.84. The lowest BCUT2D eigenvalue weighted by molar-refractivity contribution is 0.111. The maximum absolute atomic E-state index is 11.5. The number of fused-ring (bicyclic) bond motifs is 1. The molecule has 0 unspecified atom stereocenters. The predicted molar refractivity (Wildman–Crippen MR) is 88.6 cm³/mol. The Morgan fingerprint density at radius 3 is 2.52 bits per heavy atom. The van der Waals surface area contributed by atoms with Gasteiger partial charge in [0.2, 0.25) is 0 Å². The summed E-state index contributed by atoms with van der Waals surface area (Å²) in [6, 6.07) is 2.15. The van der Waals surface area contributed by atoms with E-state index in [0.717, 1.165) is 30.4 Å². The molecular formula is C18H23NOS. The van der Waals surface area contributed by atoms with Gasteiger partial charge in [0.25, 0.3) is 0 Å².